The van der Waals surface area contributed by atoms with Crippen molar-refractivity contribution in [3.05, 3.63) is 48.5 Å². The van der Waals surface area contributed by atoms with E-state index in [2.05, 4.69) is 104 Å². The van der Waals surface area contributed by atoms with Crippen LogP contribution in [0.25, 0.3) is 0 Å². The van der Waals surface area contributed by atoms with Crippen LogP contribution < -0.4 is 15.3 Å². The second-order valence-electron chi connectivity index (χ2n) is 12.7. The Morgan fingerprint density at radius 2 is 0.818 bits per heavy atom. The molecule has 0 spiro atoms. The molecule has 3 heteroatoms. The Morgan fingerprint density at radius 3 is 1.15 bits per heavy atom. The largest absolute Gasteiger partial charge is 0.456 e. The molecule has 2 fully saturated rings. The molecule has 0 aliphatic carbocycles. The SMILES string of the molecule is CC1(C)CCCC(C)(C)P1c1ccccc1Oc1ccccc1P1C(C)(C)CCCC1(C)C. The summed E-state index contributed by atoms with van der Waals surface area (Å²) >= 11 is 0. The van der Waals surface area contributed by atoms with Crippen LogP contribution in [0.5, 0.6) is 11.5 Å². The summed E-state index contributed by atoms with van der Waals surface area (Å²) in [6.07, 6.45) is 7.89. The molecule has 1 nitrogen and oxygen atoms in total. The average molecular weight is 483 g/mol. The number of rotatable bonds is 4. The van der Waals surface area contributed by atoms with Gasteiger partial charge in [-0.1, -0.05) is 120 Å². The maximum Gasteiger partial charge on any atom is 0.135 e. The summed E-state index contributed by atoms with van der Waals surface area (Å²) in [4.78, 5) is 0. The highest BCUT2D eigenvalue weighted by atomic mass is 31.1. The summed E-state index contributed by atoms with van der Waals surface area (Å²) in [7, 11) is -0.704. The van der Waals surface area contributed by atoms with Gasteiger partial charge >= 0.3 is 0 Å². The van der Waals surface area contributed by atoms with Crippen LogP contribution in [0.2, 0.25) is 0 Å². The van der Waals surface area contributed by atoms with Gasteiger partial charge in [0, 0.05) is 10.6 Å². The van der Waals surface area contributed by atoms with E-state index in [0.29, 0.717) is 20.6 Å². The molecule has 4 rings (SSSR count). The van der Waals surface area contributed by atoms with Crippen molar-refractivity contribution in [2.24, 2.45) is 0 Å². The van der Waals surface area contributed by atoms with E-state index in [1.807, 2.05) is 0 Å². The molecule has 2 saturated heterocycles. The van der Waals surface area contributed by atoms with Crippen LogP contribution in [0.3, 0.4) is 0 Å². The topological polar surface area (TPSA) is 9.23 Å². The van der Waals surface area contributed by atoms with Crippen LogP contribution in [0.1, 0.15) is 93.9 Å². The molecule has 0 N–H and O–H groups in total. The Hall–Kier alpha value is -0.900. The van der Waals surface area contributed by atoms with Crippen LogP contribution in [-0.2, 0) is 0 Å². The van der Waals surface area contributed by atoms with E-state index >= 15 is 0 Å². The summed E-state index contributed by atoms with van der Waals surface area (Å²) in [6, 6.07) is 17.9. The maximum atomic E-state index is 6.95. The standard InChI is InChI=1S/C30H44OP2/c1-27(2)19-13-20-28(3,4)32(27)25-17-11-9-15-23(25)31-24-16-10-12-18-26(24)33-29(5,6)21-14-22-30(33,7)8/h9-12,15-18H,13-14,19-22H2,1-8H3. The van der Waals surface area contributed by atoms with Gasteiger partial charge in [0.25, 0.3) is 0 Å². The molecule has 0 bridgehead atoms. The van der Waals surface area contributed by atoms with Crippen LogP contribution in [0.15, 0.2) is 48.5 Å². The quantitative estimate of drug-likeness (QED) is 0.395. The zero-order valence-electron chi connectivity index (χ0n) is 22.2. The fourth-order valence-electron chi connectivity index (χ4n) is 6.87. The Morgan fingerprint density at radius 1 is 0.515 bits per heavy atom. The molecule has 2 aliphatic heterocycles. The first-order valence-corrected chi connectivity index (χ1v) is 15.5. The molecule has 2 heterocycles. The van der Waals surface area contributed by atoms with Gasteiger partial charge in [0.05, 0.1) is 0 Å². The highest BCUT2D eigenvalue weighted by Crippen LogP contribution is 2.67. The third-order valence-electron chi connectivity index (χ3n) is 8.01. The van der Waals surface area contributed by atoms with E-state index in [0.717, 1.165) is 11.5 Å². The molecule has 33 heavy (non-hydrogen) atoms. The fraction of sp³-hybridized carbons (Fsp3) is 0.600. The van der Waals surface area contributed by atoms with Gasteiger partial charge in [0.2, 0.25) is 0 Å². The molecule has 2 aromatic rings. The van der Waals surface area contributed by atoms with Crippen LogP contribution in [-0.4, -0.2) is 20.6 Å². The van der Waals surface area contributed by atoms with Gasteiger partial charge in [0.15, 0.2) is 0 Å². The van der Waals surface area contributed by atoms with E-state index in [-0.39, 0.29) is 15.8 Å². The minimum absolute atomic E-state index is 0.327. The van der Waals surface area contributed by atoms with Crippen molar-refractivity contribution in [1.82, 2.24) is 0 Å². The highest BCUT2D eigenvalue weighted by Gasteiger charge is 2.47. The lowest BCUT2D eigenvalue weighted by Gasteiger charge is -2.51. The van der Waals surface area contributed by atoms with Gasteiger partial charge in [-0.05, 0) is 58.4 Å². The monoisotopic (exact) mass is 482 g/mol. The zero-order chi connectivity index (χ0) is 24.1. The number of ether oxygens (including phenoxy) is 1. The lowest BCUT2D eigenvalue weighted by atomic mass is 9.98. The normalized spacial score (nSPS) is 24.4. The van der Waals surface area contributed by atoms with Crippen molar-refractivity contribution in [1.29, 1.82) is 0 Å². The van der Waals surface area contributed by atoms with Gasteiger partial charge in [-0.25, -0.2) is 0 Å². The van der Waals surface area contributed by atoms with Crippen molar-refractivity contribution >= 4 is 26.5 Å². The summed E-state index contributed by atoms with van der Waals surface area (Å²) in [5.41, 5.74) is 0. The minimum atomic E-state index is -0.352. The second-order valence-corrected chi connectivity index (χ2v) is 19.8. The van der Waals surface area contributed by atoms with E-state index < -0.39 is 0 Å². The predicted octanol–water partition coefficient (Wildman–Crippen LogP) is 9.18. The average Bonchev–Trinajstić information content (AvgIpc) is 2.68. The van der Waals surface area contributed by atoms with Gasteiger partial charge in [-0.3, -0.25) is 0 Å². The van der Waals surface area contributed by atoms with Gasteiger partial charge < -0.3 is 4.74 Å². The minimum Gasteiger partial charge on any atom is -0.456 e. The number of benzene rings is 2. The molecule has 0 amide bonds. The molecular formula is C30H44OP2. The lowest BCUT2D eigenvalue weighted by molar-refractivity contribution is 0.463. The molecular weight excluding hydrogens is 438 g/mol. The fourth-order valence-corrected chi connectivity index (χ4v) is 15.4. The lowest BCUT2D eigenvalue weighted by Crippen LogP contribution is -2.40. The van der Waals surface area contributed by atoms with E-state index in [1.54, 1.807) is 0 Å². The van der Waals surface area contributed by atoms with Crippen LogP contribution >= 0.6 is 15.8 Å². The highest BCUT2D eigenvalue weighted by molar-refractivity contribution is 7.69. The molecule has 2 aliphatic rings. The zero-order valence-corrected chi connectivity index (χ0v) is 24.0. The second kappa shape index (κ2) is 8.95. The maximum absolute atomic E-state index is 6.95. The van der Waals surface area contributed by atoms with Gasteiger partial charge in [-0.15, -0.1) is 0 Å². The van der Waals surface area contributed by atoms with Crippen molar-refractivity contribution in [2.45, 2.75) is 115 Å². The first-order valence-electron chi connectivity index (χ1n) is 12.8. The number of para-hydroxylation sites is 2. The van der Waals surface area contributed by atoms with E-state index in [9.17, 15) is 0 Å². The van der Waals surface area contributed by atoms with E-state index in [1.165, 1.54) is 49.1 Å². The Bertz CT molecular complexity index is 877. The number of hydrogen-bond donors (Lipinski definition) is 0. The first-order chi connectivity index (χ1) is 15.4. The van der Waals surface area contributed by atoms with Crippen molar-refractivity contribution in [3.8, 4) is 11.5 Å². The smallest absolute Gasteiger partial charge is 0.135 e. The van der Waals surface area contributed by atoms with Crippen molar-refractivity contribution in [3.63, 3.8) is 0 Å². The van der Waals surface area contributed by atoms with Gasteiger partial charge in [-0.2, -0.15) is 0 Å². The predicted molar refractivity (Wildman–Crippen MR) is 150 cm³/mol. The molecule has 2 aromatic carbocycles. The summed E-state index contributed by atoms with van der Waals surface area (Å²) in [5, 5.41) is 4.21. The van der Waals surface area contributed by atoms with E-state index in [4.69, 9.17) is 4.74 Å². The van der Waals surface area contributed by atoms with Crippen LogP contribution in [0.4, 0.5) is 0 Å². The molecule has 0 radical (unpaired) electrons. The molecule has 180 valence electrons. The summed E-state index contributed by atoms with van der Waals surface area (Å²) in [5.74, 6) is 2.17. The first kappa shape index (κ1) is 25.2. The third-order valence-corrected chi connectivity index (χ3v) is 15.4. The molecule has 0 saturated carbocycles. The Kier molecular flexibility index (Phi) is 6.84. The molecule has 0 unspecified atom stereocenters. The summed E-state index contributed by atoms with van der Waals surface area (Å²) < 4.78 is 6.95. The Balaban J connectivity index is 1.78. The van der Waals surface area contributed by atoms with Gasteiger partial charge in [0.1, 0.15) is 11.5 Å². The molecule has 0 aromatic heterocycles. The van der Waals surface area contributed by atoms with Crippen molar-refractivity contribution < 1.29 is 4.74 Å². The third kappa shape index (κ3) is 4.93. The number of hydrogen-bond acceptors (Lipinski definition) is 1. The Labute approximate surface area is 205 Å². The van der Waals surface area contributed by atoms with Crippen LogP contribution in [0, 0.1) is 0 Å². The van der Waals surface area contributed by atoms with Crippen molar-refractivity contribution in [2.75, 3.05) is 0 Å². The molecule has 0 atom stereocenters. The summed E-state index contributed by atoms with van der Waals surface area (Å²) in [6.45, 7) is 19.9.